The minimum atomic E-state index is -0.436. The van der Waals surface area contributed by atoms with E-state index in [-0.39, 0.29) is 0 Å². The van der Waals surface area contributed by atoms with Crippen LogP contribution in [0.2, 0.25) is 0 Å². The maximum Gasteiger partial charge on any atom is 0.248 e. The highest BCUT2D eigenvalue weighted by Gasteiger charge is 2.06. The molecule has 4 heteroatoms. The van der Waals surface area contributed by atoms with Crippen LogP contribution in [-0.4, -0.2) is 12.5 Å². The van der Waals surface area contributed by atoms with Crippen molar-refractivity contribution in [3.8, 4) is 11.5 Å². The molecule has 0 aromatic heterocycles. The van der Waals surface area contributed by atoms with Crippen molar-refractivity contribution in [3.63, 3.8) is 0 Å². The molecule has 0 spiro atoms. The molecule has 138 valence electrons. The SMILES string of the molecule is Cc1cc(C(N)=O)ccc1Oc1ccc(CNCCc2ccccc2)cc1. The predicted octanol–water partition coefficient (Wildman–Crippen LogP) is 4.22. The summed E-state index contributed by atoms with van der Waals surface area (Å²) in [5, 5.41) is 3.46. The number of nitrogens with one attached hydrogen (secondary N) is 1. The highest BCUT2D eigenvalue weighted by Crippen LogP contribution is 2.26. The Morgan fingerprint density at radius 3 is 2.37 bits per heavy atom. The lowest BCUT2D eigenvalue weighted by molar-refractivity contribution is 0.1000. The Labute approximate surface area is 160 Å². The van der Waals surface area contributed by atoms with Crippen molar-refractivity contribution in [2.75, 3.05) is 6.54 Å². The number of primary amides is 1. The molecule has 0 aliphatic carbocycles. The van der Waals surface area contributed by atoms with E-state index >= 15 is 0 Å². The fraction of sp³-hybridized carbons (Fsp3) is 0.174. The first-order chi connectivity index (χ1) is 13.1. The van der Waals surface area contributed by atoms with Crippen molar-refractivity contribution in [2.45, 2.75) is 19.9 Å². The monoisotopic (exact) mass is 360 g/mol. The average Bonchev–Trinajstić information content (AvgIpc) is 2.68. The number of benzene rings is 3. The first-order valence-electron chi connectivity index (χ1n) is 9.04. The summed E-state index contributed by atoms with van der Waals surface area (Å²) in [7, 11) is 0. The Bertz CT molecular complexity index is 890. The fourth-order valence-corrected chi connectivity index (χ4v) is 2.83. The molecule has 0 bridgehead atoms. The van der Waals surface area contributed by atoms with Gasteiger partial charge in [0.2, 0.25) is 5.91 Å². The van der Waals surface area contributed by atoms with Crippen molar-refractivity contribution in [1.29, 1.82) is 0 Å². The second-order valence-corrected chi connectivity index (χ2v) is 6.50. The van der Waals surface area contributed by atoms with Gasteiger partial charge in [-0.05, 0) is 66.9 Å². The van der Waals surface area contributed by atoms with E-state index in [9.17, 15) is 4.79 Å². The normalized spacial score (nSPS) is 10.6. The van der Waals surface area contributed by atoms with Crippen molar-refractivity contribution >= 4 is 5.91 Å². The number of carbonyl (C=O) groups excluding carboxylic acids is 1. The summed E-state index contributed by atoms with van der Waals surface area (Å²) >= 11 is 0. The second-order valence-electron chi connectivity index (χ2n) is 6.50. The Morgan fingerprint density at radius 2 is 1.70 bits per heavy atom. The van der Waals surface area contributed by atoms with E-state index in [1.54, 1.807) is 18.2 Å². The molecule has 1 amide bonds. The Kier molecular flexibility index (Phi) is 6.23. The standard InChI is InChI=1S/C23H24N2O2/c1-17-15-20(23(24)26)9-12-22(17)27-21-10-7-19(8-11-21)16-25-14-13-18-5-3-2-4-6-18/h2-12,15,25H,13-14,16H2,1H3,(H2,24,26). The lowest BCUT2D eigenvalue weighted by Gasteiger charge is -2.10. The number of amides is 1. The maximum atomic E-state index is 11.2. The maximum absolute atomic E-state index is 11.2. The smallest absolute Gasteiger partial charge is 0.248 e. The fourth-order valence-electron chi connectivity index (χ4n) is 2.83. The van der Waals surface area contributed by atoms with E-state index in [4.69, 9.17) is 10.5 Å². The molecule has 0 unspecified atom stereocenters. The summed E-state index contributed by atoms with van der Waals surface area (Å²) in [5.41, 5.74) is 9.20. The number of aryl methyl sites for hydroxylation is 1. The van der Waals surface area contributed by atoms with Crippen LogP contribution in [0.4, 0.5) is 0 Å². The van der Waals surface area contributed by atoms with Crippen molar-refractivity contribution in [2.24, 2.45) is 5.73 Å². The zero-order chi connectivity index (χ0) is 19.1. The molecule has 0 heterocycles. The summed E-state index contributed by atoms with van der Waals surface area (Å²) in [6.07, 6.45) is 1.02. The molecule has 0 saturated heterocycles. The van der Waals surface area contributed by atoms with Crippen molar-refractivity contribution in [1.82, 2.24) is 5.32 Å². The van der Waals surface area contributed by atoms with Gasteiger partial charge < -0.3 is 15.8 Å². The molecule has 0 aliphatic heterocycles. The van der Waals surface area contributed by atoms with E-state index in [0.29, 0.717) is 11.3 Å². The van der Waals surface area contributed by atoms with Crippen LogP contribution < -0.4 is 15.8 Å². The lowest BCUT2D eigenvalue weighted by Crippen LogP contribution is -2.16. The van der Waals surface area contributed by atoms with Crippen molar-refractivity contribution < 1.29 is 9.53 Å². The van der Waals surface area contributed by atoms with E-state index in [0.717, 1.165) is 30.8 Å². The number of ether oxygens (including phenoxy) is 1. The Hall–Kier alpha value is -3.11. The number of rotatable bonds is 8. The molecule has 0 atom stereocenters. The zero-order valence-corrected chi connectivity index (χ0v) is 15.4. The van der Waals surface area contributed by atoms with E-state index < -0.39 is 5.91 Å². The van der Waals surface area contributed by atoms with Crippen LogP contribution in [-0.2, 0) is 13.0 Å². The van der Waals surface area contributed by atoms with Crippen LogP contribution >= 0.6 is 0 Å². The molecule has 0 fully saturated rings. The molecule has 3 rings (SSSR count). The highest BCUT2D eigenvalue weighted by molar-refractivity contribution is 5.93. The summed E-state index contributed by atoms with van der Waals surface area (Å²) in [5.74, 6) is 1.04. The average molecular weight is 360 g/mol. The van der Waals surface area contributed by atoms with Gasteiger partial charge in [-0.2, -0.15) is 0 Å². The predicted molar refractivity (Wildman–Crippen MR) is 108 cm³/mol. The lowest BCUT2D eigenvalue weighted by atomic mass is 10.1. The molecular formula is C23H24N2O2. The molecule has 0 aliphatic rings. The van der Waals surface area contributed by atoms with Gasteiger partial charge in [-0.3, -0.25) is 4.79 Å². The number of nitrogens with two attached hydrogens (primary N) is 1. The Balaban J connectivity index is 1.50. The van der Waals surface area contributed by atoms with Crippen LogP contribution in [0.25, 0.3) is 0 Å². The largest absolute Gasteiger partial charge is 0.457 e. The Morgan fingerprint density at radius 1 is 0.963 bits per heavy atom. The van der Waals surface area contributed by atoms with E-state index in [1.165, 1.54) is 11.1 Å². The number of hydrogen-bond donors (Lipinski definition) is 2. The summed E-state index contributed by atoms with van der Waals surface area (Å²) in [6, 6.07) is 23.7. The topological polar surface area (TPSA) is 64.4 Å². The number of hydrogen-bond acceptors (Lipinski definition) is 3. The highest BCUT2D eigenvalue weighted by atomic mass is 16.5. The van der Waals surface area contributed by atoms with Gasteiger partial charge in [0.25, 0.3) is 0 Å². The second kappa shape index (κ2) is 9.01. The van der Waals surface area contributed by atoms with Crippen LogP contribution in [0.1, 0.15) is 27.0 Å². The molecule has 0 saturated carbocycles. The molecule has 27 heavy (non-hydrogen) atoms. The van der Waals surface area contributed by atoms with Gasteiger partial charge in [-0.1, -0.05) is 42.5 Å². The van der Waals surface area contributed by atoms with Crippen LogP contribution in [0.15, 0.2) is 72.8 Å². The summed E-state index contributed by atoms with van der Waals surface area (Å²) in [6.45, 7) is 3.65. The van der Waals surface area contributed by atoms with Crippen LogP contribution in [0, 0.1) is 6.92 Å². The van der Waals surface area contributed by atoms with Gasteiger partial charge in [0.1, 0.15) is 11.5 Å². The number of carbonyl (C=O) groups is 1. The minimum Gasteiger partial charge on any atom is -0.457 e. The van der Waals surface area contributed by atoms with Gasteiger partial charge >= 0.3 is 0 Å². The zero-order valence-electron chi connectivity index (χ0n) is 15.4. The molecule has 4 nitrogen and oxygen atoms in total. The van der Waals surface area contributed by atoms with Crippen LogP contribution in [0.3, 0.4) is 0 Å². The third-order valence-corrected chi connectivity index (χ3v) is 4.37. The molecule has 0 radical (unpaired) electrons. The molecular weight excluding hydrogens is 336 g/mol. The van der Waals surface area contributed by atoms with E-state index in [2.05, 4.69) is 41.7 Å². The van der Waals surface area contributed by atoms with Gasteiger partial charge in [0.05, 0.1) is 0 Å². The van der Waals surface area contributed by atoms with Gasteiger partial charge in [0.15, 0.2) is 0 Å². The molecule has 3 aromatic rings. The van der Waals surface area contributed by atoms with Gasteiger partial charge in [-0.25, -0.2) is 0 Å². The van der Waals surface area contributed by atoms with E-state index in [1.807, 2.05) is 25.1 Å². The third-order valence-electron chi connectivity index (χ3n) is 4.37. The summed E-state index contributed by atoms with van der Waals surface area (Å²) in [4.78, 5) is 11.2. The van der Waals surface area contributed by atoms with Crippen LogP contribution in [0.5, 0.6) is 11.5 Å². The minimum absolute atomic E-state index is 0.436. The first-order valence-corrected chi connectivity index (χ1v) is 9.04. The molecule has 3 N–H and O–H groups in total. The van der Waals surface area contributed by atoms with Gasteiger partial charge in [-0.15, -0.1) is 0 Å². The molecule has 3 aromatic carbocycles. The third kappa shape index (κ3) is 5.43. The van der Waals surface area contributed by atoms with Crippen molar-refractivity contribution in [3.05, 3.63) is 95.1 Å². The van der Waals surface area contributed by atoms with Gasteiger partial charge in [0, 0.05) is 12.1 Å². The first kappa shape index (κ1) is 18.7. The quantitative estimate of drug-likeness (QED) is 0.591. The summed E-state index contributed by atoms with van der Waals surface area (Å²) < 4.78 is 5.91.